The van der Waals surface area contributed by atoms with E-state index in [0.29, 0.717) is 5.41 Å². The van der Waals surface area contributed by atoms with E-state index in [4.69, 9.17) is 0 Å². The summed E-state index contributed by atoms with van der Waals surface area (Å²) in [7, 11) is 0. The third-order valence-electron chi connectivity index (χ3n) is 9.35. The molecular formula is C28H44. The van der Waals surface area contributed by atoms with Crippen LogP contribution >= 0.6 is 0 Å². The van der Waals surface area contributed by atoms with Gasteiger partial charge in [0.15, 0.2) is 0 Å². The van der Waals surface area contributed by atoms with Gasteiger partial charge in [-0.1, -0.05) is 76.6 Å². The van der Waals surface area contributed by atoms with Crippen LogP contribution in [0.1, 0.15) is 121 Å². The molecule has 1 aromatic rings. The molecule has 0 unspecified atom stereocenters. The maximum absolute atomic E-state index is 2.51. The summed E-state index contributed by atoms with van der Waals surface area (Å²) < 4.78 is 0. The first-order valence-corrected chi connectivity index (χ1v) is 12.8. The van der Waals surface area contributed by atoms with Crippen molar-refractivity contribution in [2.45, 2.75) is 122 Å². The molecule has 4 fully saturated rings. The molecule has 0 heteroatoms. The van der Waals surface area contributed by atoms with Crippen molar-refractivity contribution in [2.24, 2.45) is 17.3 Å². The van der Waals surface area contributed by atoms with Gasteiger partial charge in [-0.3, -0.25) is 0 Å². The topological polar surface area (TPSA) is 0 Å². The minimum Gasteiger partial charge on any atom is -0.0654 e. The van der Waals surface area contributed by atoms with Gasteiger partial charge in [0.05, 0.1) is 0 Å². The van der Waals surface area contributed by atoms with E-state index in [1.165, 1.54) is 89.9 Å². The van der Waals surface area contributed by atoms with Gasteiger partial charge in [0, 0.05) is 0 Å². The lowest BCUT2D eigenvalue weighted by Gasteiger charge is -2.58. The minimum absolute atomic E-state index is 0.531. The van der Waals surface area contributed by atoms with Crippen LogP contribution in [0.25, 0.3) is 0 Å². The quantitative estimate of drug-likeness (QED) is 0.396. The lowest BCUT2D eigenvalue weighted by atomic mass is 9.47. The summed E-state index contributed by atoms with van der Waals surface area (Å²) in [5.74, 6) is 2.11. The minimum atomic E-state index is 0.531. The molecule has 0 spiro atoms. The van der Waals surface area contributed by atoms with Crippen molar-refractivity contribution < 1.29 is 0 Å². The van der Waals surface area contributed by atoms with Crippen LogP contribution in [-0.2, 0) is 11.8 Å². The predicted octanol–water partition coefficient (Wildman–Crippen LogP) is 8.62. The molecule has 4 aliphatic carbocycles. The normalized spacial score (nSPS) is 35.2. The maximum atomic E-state index is 2.51. The Bertz CT molecular complexity index is 577. The average molecular weight is 381 g/mol. The van der Waals surface area contributed by atoms with E-state index in [1.807, 2.05) is 0 Å². The van der Waals surface area contributed by atoms with Crippen LogP contribution in [0.15, 0.2) is 24.3 Å². The largest absolute Gasteiger partial charge is 0.0654 e. The van der Waals surface area contributed by atoms with E-state index in [0.717, 1.165) is 17.3 Å². The van der Waals surface area contributed by atoms with Crippen LogP contribution in [0.5, 0.6) is 0 Å². The summed E-state index contributed by atoms with van der Waals surface area (Å²) in [5.41, 5.74) is 4.49. The Hall–Kier alpha value is -0.780. The zero-order valence-corrected chi connectivity index (χ0v) is 18.8. The second-order valence-electron chi connectivity index (χ2n) is 10.8. The molecule has 2 bridgehead atoms. The van der Waals surface area contributed by atoms with Crippen LogP contribution in [0.2, 0.25) is 0 Å². The van der Waals surface area contributed by atoms with Gasteiger partial charge < -0.3 is 0 Å². The molecule has 0 nitrogen and oxygen atoms in total. The molecule has 0 atom stereocenters. The number of benzene rings is 1. The Kier molecular flexibility index (Phi) is 6.53. The van der Waals surface area contributed by atoms with Crippen LogP contribution in [0, 0.1) is 17.3 Å². The SMILES string of the molecule is CCCCCc1ccc(C23CCC(C4CCC(CCC)CC4)(CC2)CC3)cc1. The highest BCUT2D eigenvalue weighted by Crippen LogP contribution is 2.62. The highest BCUT2D eigenvalue weighted by atomic mass is 14.6. The van der Waals surface area contributed by atoms with Gasteiger partial charge in [0.2, 0.25) is 0 Å². The summed E-state index contributed by atoms with van der Waals surface area (Å²) in [6, 6.07) is 9.92. The zero-order chi connectivity index (χ0) is 19.5. The second kappa shape index (κ2) is 8.93. The number of hydrogen-bond donors (Lipinski definition) is 0. The van der Waals surface area contributed by atoms with E-state index in [1.54, 1.807) is 24.0 Å². The lowest BCUT2D eigenvalue weighted by Crippen LogP contribution is -2.48. The average Bonchev–Trinajstić information content (AvgIpc) is 2.76. The monoisotopic (exact) mass is 380 g/mol. The van der Waals surface area contributed by atoms with E-state index in [-0.39, 0.29) is 0 Å². The van der Waals surface area contributed by atoms with Crippen molar-refractivity contribution in [3.8, 4) is 0 Å². The van der Waals surface area contributed by atoms with E-state index in [2.05, 4.69) is 38.1 Å². The fourth-order valence-corrected chi connectivity index (χ4v) is 7.34. The predicted molar refractivity (Wildman–Crippen MR) is 122 cm³/mol. The lowest BCUT2D eigenvalue weighted by molar-refractivity contribution is -0.0294. The molecule has 0 aliphatic heterocycles. The van der Waals surface area contributed by atoms with Gasteiger partial charge in [-0.25, -0.2) is 0 Å². The summed E-state index contributed by atoms with van der Waals surface area (Å²) in [4.78, 5) is 0. The first kappa shape index (κ1) is 20.5. The molecular weight excluding hydrogens is 336 g/mol. The fourth-order valence-electron chi connectivity index (χ4n) is 7.34. The fraction of sp³-hybridized carbons (Fsp3) is 0.786. The van der Waals surface area contributed by atoms with Gasteiger partial charge in [0.25, 0.3) is 0 Å². The van der Waals surface area contributed by atoms with Gasteiger partial charge in [-0.05, 0) is 98.0 Å². The van der Waals surface area contributed by atoms with Gasteiger partial charge in [0.1, 0.15) is 0 Å². The molecule has 28 heavy (non-hydrogen) atoms. The van der Waals surface area contributed by atoms with Crippen molar-refractivity contribution in [2.75, 3.05) is 0 Å². The van der Waals surface area contributed by atoms with Crippen molar-refractivity contribution in [3.05, 3.63) is 35.4 Å². The first-order chi connectivity index (χ1) is 13.7. The van der Waals surface area contributed by atoms with E-state index < -0.39 is 0 Å². The highest BCUT2D eigenvalue weighted by molar-refractivity contribution is 5.31. The Morgan fingerprint density at radius 1 is 0.750 bits per heavy atom. The molecule has 0 aromatic heterocycles. The van der Waals surface area contributed by atoms with Crippen molar-refractivity contribution in [3.63, 3.8) is 0 Å². The Morgan fingerprint density at radius 3 is 1.96 bits per heavy atom. The smallest absolute Gasteiger partial charge is 0.00463 e. The van der Waals surface area contributed by atoms with Crippen LogP contribution < -0.4 is 0 Å². The zero-order valence-electron chi connectivity index (χ0n) is 18.8. The number of rotatable bonds is 8. The maximum Gasteiger partial charge on any atom is -0.00463 e. The summed E-state index contributed by atoms with van der Waals surface area (Å²) in [6.07, 6.45) is 23.3. The van der Waals surface area contributed by atoms with Crippen molar-refractivity contribution in [1.82, 2.24) is 0 Å². The number of hydrogen-bond acceptors (Lipinski definition) is 0. The third-order valence-corrected chi connectivity index (χ3v) is 9.35. The van der Waals surface area contributed by atoms with Gasteiger partial charge >= 0.3 is 0 Å². The summed E-state index contributed by atoms with van der Waals surface area (Å²) in [6.45, 7) is 4.66. The summed E-state index contributed by atoms with van der Waals surface area (Å²) >= 11 is 0. The molecule has 156 valence electrons. The van der Waals surface area contributed by atoms with Gasteiger partial charge in [-0.15, -0.1) is 0 Å². The van der Waals surface area contributed by atoms with Crippen molar-refractivity contribution in [1.29, 1.82) is 0 Å². The third kappa shape index (κ3) is 4.08. The summed E-state index contributed by atoms with van der Waals surface area (Å²) in [5, 5.41) is 0. The molecule has 0 radical (unpaired) electrons. The van der Waals surface area contributed by atoms with Gasteiger partial charge in [-0.2, -0.15) is 0 Å². The molecule has 0 heterocycles. The molecule has 0 amide bonds. The molecule has 5 rings (SSSR count). The van der Waals surface area contributed by atoms with Crippen molar-refractivity contribution >= 4 is 0 Å². The van der Waals surface area contributed by atoms with Crippen LogP contribution in [0.4, 0.5) is 0 Å². The molecule has 0 N–H and O–H groups in total. The molecule has 1 aromatic carbocycles. The first-order valence-electron chi connectivity index (χ1n) is 12.8. The Balaban J connectivity index is 1.35. The second-order valence-corrected chi connectivity index (χ2v) is 10.8. The Labute approximate surface area is 174 Å². The molecule has 4 aliphatic rings. The van der Waals surface area contributed by atoms with E-state index in [9.17, 15) is 0 Å². The number of unbranched alkanes of at least 4 members (excludes halogenated alkanes) is 2. The Morgan fingerprint density at radius 2 is 1.39 bits per heavy atom. The standard InChI is InChI=1S/C28H44/c1-3-5-6-8-24-11-15-26(16-12-24)28-20-17-27(18-21-28,19-22-28)25-13-9-23(7-4-2)10-14-25/h11-12,15-16,23,25H,3-10,13-14,17-22H2,1-2H3. The van der Waals surface area contributed by atoms with E-state index >= 15 is 0 Å². The van der Waals surface area contributed by atoms with Crippen LogP contribution in [0.3, 0.4) is 0 Å². The molecule has 4 saturated carbocycles. The highest BCUT2D eigenvalue weighted by Gasteiger charge is 2.52. The number of fused-ring (bicyclic) bond motifs is 3. The number of aryl methyl sites for hydroxylation is 1. The molecule has 0 saturated heterocycles. The van der Waals surface area contributed by atoms with Crippen LogP contribution in [-0.4, -0.2) is 0 Å².